The number of likely N-dealkylation sites (tertiary alicyclic amines) is 1. The topological polar surface area (TPSA) is 77.8 Å². The van der Waals surface area contributed by atoms with Crippen molar-refractivity contribution in [2.24, 2.45) is 5.92 Å². The van der Waals surface area contributed by atoms with Gasteiger partial charge in [0, 0.05) is 12.2 Å². The number of aliphatic carboxylic acids is 1. The molecule has 0 saturated carbocycles. The third-order valence-corrected chi connectivity index (χ3v) is 4.46. The number of nitrogens with zero attached hydrogens (tertiary/aromatic N) is 1. The Morgan fingerprint density at radius 1 is 1.33 bits per heavy atom. The first kappa shape index (κ1) is 18.6. The minimum absolute atomic E-state index is 0.348. The highest BCUT2D eigenvalue weighted by Gasteiger charge is 2.54. The summed E-state index contributed by atoms with van der Waals surface area (Å²) in [6, 6.07) is 6.44. The summed E-state index contributed by atoms with van der Waals surface area (Å²) in [6.45, 7) is -0.521. The molecule has 1 unspecified atom stereocenters. The smallest absolute Gasteiger partial charge is 0.401 e. The van der Waals surface area contributed by atoms with Gasteiger partial charge in [0.2, 0.25) is 5.91 Å². The van der Waals surface area contributed by atoms with Crippen molar-refractivity contribution in [3.05, 3.63) is 35.9 Å². The van der Waals surface area contributed by atoms with E-state index in [0.717, 1.165) is 0 Å². The molecule has 1 aromatic rings. The number of aliphatic hydroxyl groups is 1. The lowest BCUT2D eigenvalue weighted by atomic mass is 9.91. The van der Waals surface area contributed by atoms with Crippen LogP contribution in [-0.2, 0) is 15.2 Å². The average Bonchev–Trinajstić information content (AvgIpc) is 2.87. The molecule has 0 aliphatic carbocycles. The third-order valence-electron chi connectivity index (χ3n) is 4.09. The van der Waals surface area contributed by atoms with E-state index in [1.807, 2.05) is 0 Å². The van der Waals surface area contributed by atoms with E-state index in [-0.39, 0.29) is 6.42 Å². The number of halogens is 3. The number of hydrogen-bond acceptors (Lipinski definition) is 4. The van der Waals surface area contributed by atoms with E-state index < -0.39 is 47.9 Å². The van der Waals surface area contributed by atoms with E-state index in [1.54, 1.807) is 18.2 Å². The first-order valence-electron chi connectivity index (χ1n) is 7.09. The van der Waals surface area contributed by atoms with Gasteiger partial charge in [-0.15, -0.1) is 0 Å². The molecule has 0 bridgehead atoms. The Hall–Kier alpha value is -1.74. The molecule has 1 amide bonds. The Balaban J connectivity index is 2.35. The molecule has 1 saturated heterocycles. The number of rotatable bonds is 4. The molecule has 5 nitrogen and oxygen atoms in total. The standard InChI is InChI=1S/C15H16F3NO4S/c16-15(17,18)10(7-24)12(20)19-8-14(23,6-11(19)13(21)22)9-4-2-1-3-5-9/h1-5,10-11,23-24H,6-8H2,(H,21,22)/t10?,11-,14-/m0/s1. The van der Waals surface area contributed by atoms with E-state index in [2.05, 4.69) is 12.6 Å². The number of thiol groups is 1. The third kappa shape index (κ3) is 3.51. The van der Waals surface area contributed by atoms with Gasteiger partial charge in [0.25, 0.3) is 0 Å². The van der Waals surface area contributed by atoms with Gasteiger partial charge >= 0.3 is 12.1 Å². The molecular weight excluding hydrogens is 347 g/mol. The minimum Gasteiger partial charge on any atom is -0.480 e. The summed E-state index contributed by atoms with van der Waals surface area (Å²) >= 11 is 3.56. The second-order valence-electron chi connectivity index (χ2n) is 5.70. The molecule has 0 aromatic heterocycles. The predicted molar refractivity (Wildman–Crippen MR) is 81.5 cm³/mol. The fraction of sp³-hybridized carbons (Fsp3) is 0.467. The van der Waals surface area contributed by atoms with Crippen molar-refractivity contribution in [2.45, 2.75) is 24.2 Å². The zero-order chi connectivity index (χ0) is 18.1. The molecule has 1 aliphatic heterocycles. The van der Waals surface area contributed by atoms with Crippen LogP contribution in [0, 0.1) is 5.92 Å². The number of hydrogen-bond donors (Lipinski definition) is 3. The molecule has 2 N–H and O–H groups in total. The van der Waals surface area contributed by atoms with Crippen molar-refractivity contribution in [3.8, 4) is 0 Å². The van der Waals surface area contributed by atoms with Crippen LogP contribution in [0.25, 0.3) is 0 Å². The molecule has 3 atom stereocenters. The predicted octanol–water partition coefficient (Wildman–Crippen LogP) is 1.67. The van der Waals surface area contributed by atoms with E-state index in [4.69, 9.17) is 0 Å². The van der Waals surface area contributed by atoms with Crippen LogP contribution in [0.1, 0.15) is 12.0 Å². The Kier molecular flexibility index (Phi) is 5.14. The molecule has 9 heteroatoms. The zero-order valence-corrected chi connectivity index (χ0v) is 13.3. The van der Waals surface area contributed by atoms with Gasteiger partial charge in [-0.2, -0.15) is 25.8 Å². The average molecular weight is 363 g/mol. The number of alkyl halides is 3. The summed E-state index contributed by atoms with van der Waals surface area (Å²) in [6.07, 6.45) is -5.22. The second kappa shape index (κ2) is 6.64. The van der Waals surface area contributed by atoms with Crippen molar-refractivity contribution in [1.29, 1.82) is 0 Å². The van der Waals surface area contributed by atoms with Crippen LogP contribution in [0.4, 0.5) is 13.2 Å². The van der Waals surface area contributed by atoms with E-state index >= 15 is 0 Å². The Labute approximate surface area is 141 Å². The van der Waals surface area contributed by atoms with Crippen molar-refractivity contribution in [3.63, 3.8) is 0 Å². The van der Waals surface area contributed by atoms with Gasteiger partial charge < -0.3 is 15.1 Å². The lowest BCUT2D eigenvalue weighted by molar-refractivity contribution is -0.186. The van der Waals surface area contributed by atoms with E-state index in [0.29, 0.717) is 10.5 Å². The van der Waals surface area contributed by atoms with Crippen LogP contribution in [0.15, 0.2) is 30.3 Å². The Morgan fingerprint density at radius 2 is 1.92 bits per heavy atom. The summed E-state index contributed by atoms with van der Waals surface area (Å²) in [5.41, 5.74) is -1.37. The van der Waals surface area contributed by atoms with Crippen LogP contribution in [0.5, 0.6) is 0 Å². The quantitative estimate of drug-likeness (QED) is 0.711. The Morgan fingerprint density at radius 3 is 2.38 bits per heavy atom. The summed E-state index contributed by atoms with van der Waals surface area (Å²) < 4.78 is 38.9. The van der Waals surface area contributed by atoms with Gasteiger partial charge in [0.1, 0.15) is 17.6 Å². The molecule has 1 aromatic carbocycles. The normalized spacial score (nSPS) is 25.5. The zero-order valence-electron chi connectivity index (χ0n) is 12.4. The molecule has 1 heterocycles. The molecule has 1 fully saturated rings. The number of benzene rings is 1. The van der Waals surface area contributed by atoms with Gasteiger partial charge in [-0.05, 0) is 5.56 Å². The molecule has 1 aliphatic rings. The van der Waals surface area contributed by atoms with Crippen LogP contribution in [0.2, 0.25) is 0 Å². The first-order valence-corrected chi connectivity index (χ1v) is 7.72. The van der Waals surface area contributed by atoms with Crippen molar-refractivity contribution in [1.82, 2.24) is 4.90 Å². The van der Waals surface area contributed by atoms with Crippen LogP contribution >= 0.6 is 12.6 Å². The minimum atomic E-state index is -4.84. The van der Waals surface area contributed by atoms with Gasteiger partial charge in [0.05, 0.1) is 6.54 Å². The van der Waals surface area contributed by atoms with E-state index in [9.17, 15) is 33.0 Å². The summed E-state index contributed by atoms with van der Waals surface area (Å²) in [5.74, 6) is -6.07. The van der Waals surface area contributed by atoms with Gasteiger partial charge in [-0.1, -0.05) is 30.3 Å². The van der Waals surface area contributed by atoms with Crippen LogP contribution < -0.4 is 0 Å². The summed E-state index contributed by atoms with van der Waals surface area (Å²) in [5, 5.41) is 20.0. The summed E-state index contributed by atoms with van der Waals surface area (Å²) in [4.78, 5) is 24.2. The number of carbonyl (C=O) groups is 2. The molecule has 0 spiro atoms. The Bertz CT molecular complexity index is 625. The van der Waals surface area contributed by atoms with Gasteiger partial charge in [-0.25, -0.2) is 4.79 Å². The fourth-order valence-electron chi connectivity index (χ4n) is 2.82. The SMILES string of the molecule is O=C(O)[C@@H]1C[C@@](O)(c2ccccc2)CN1C(=O)C(CS)C(F)(F)F. The second-order valence-corrected chi connectivity index (χ2v) is 6.06. The summed E-state index contributed by atoms with van der Waals surface area (Å²) in [7, 11) is 0. The molecular formula is C15H16F3NO4S. The maximum Gasteiger partial charge on any atom is 0.401 e. The number of carbonyl (C=O) groups excluding carboxylic acids is 1. The molecule has 0 radical (unpaired) electrons. The maximum absolute atomic E-state index is 13.0. The van der Waals surface area contributed by atoms with Crippen molar-refractivity contribution in [2.75, 3.05) is 12.3 Å². The number of carboxylic acids is 1. The monoisotopic (exact) mass is 363 g/mol. The van der Waals surface area contributed by atoms with Crippen molar-refractivity contribution < 1.29 is 33.0 Å². The lowest BCUT2D eigenvalue weighted by Crippen LogP contribution is -2.48. The fourth-order valence-corrected chi connectivity index (χ4v) is 3.18. The largest absolute Gasteiger partial charge is 0.480 e. The highest BCUT2D eigenvalue weighted by atomic mass is 32.1. The number of carboxylic acid groups (broad SMARTS) is 1. The van der Waals surface area contributed by atoms with Gasteiger partial charge in [0.15, 0.2) is 0 Å². The number of β-amino-alcohol motifs (C(OH)–C–C–N with tert-alkyl or cyclic N) is 1. The molecule has 2 rings (SSSR count). The molecule has 24 heavy (non-hydrogen) atoms. The number of amides is 1. The van der Waals surface area contributed by atoms with Crippen LogP contribution in [-0.4, -0.2) is 51.5 Å². The highest BCUT2D eigenvalue weighted by molar-refractivity contribution is 7.80. The lowest BCUT2D eigenvalue weighted by Gasteiger charge is -2.28. The first-order chi connectivity index (χ1) is 11.1. The maximum atomic E-state index is 13.0. The van der Waals surface area contributed by atoms with Gasteiger partial charge in [-0.3, -0.25) is 4.79 Å². The highest BCUT2D eigenvalue weighted by Crippen LogP contribution is 2.38. The molecule has 132 valence electrons. The van der Waals surface area contributed by atoms with Crippen molar-refractivity contribution >= 4 is 24.5 Å². The van der Waals surface area contributed by atoms with E-state index in [1.165, 1.54) is 12.1 Å². The van der Waals surface area contributed by atoms with Crippen LogP contribution in [0.3, 0.4) is 0 Å².